The molecule has 3 heteroatoms. The van der Waals surface area contributed by atoms with Crippen molar-refractivity contribution in [2.75, 3.05) is 7.05 Å². The normalized spacial score (nSPS) is 31.0. The topological polar surface area (TPSA) is 12.4 Å². The summed E-state index contributed by atoms with van der Waals surface area (Å²) in [5.74, 6) is 1.60. The average molecular weight is 446 g/mol. The lowest BCUT2D eigenvalue weighted by Crippen LogP contribution is -2.38. The fraction of sp³-hybridized carbons (Fsp3) is 0.650. The zero-order chi connectivity index (χ0) is 17.2. The first-order valence-corrected chi connectivity index (χ1v) is 10.1. The molecule has 23 heavy (non-hydrogen) atoms. The third-order valence-corrected chi connectivity index (χ3v) is 7.45. The van der Waals surface area contributed by atoms with Crippen LogP contribution in [0.1, 0.15) is 59.3 Å². The van der Waals surface area contributed by atoms with Gasteiger partial charge in [0.2, 0.25) is 0 Å². The van der Waals surface area contributed by atoms with Crippen LogP contribution in [-0.4, -0.2) is 12.8 Å². The molecule has 1 atom stereocenters. The fourth-order valence-corrected chi connectivity index (χ4v) is 5.80. The molecule has 0 spiro atoms. The van der Waals surface area contributed by atoms with E-state index in [-0.39, 0.29) is 0 Å². The van der Waals surface area contributed by atoms with Gasteiger partial charge in [-0.25, -0.2) is 0 Å². The van der Waals surface area contributed by atoms with Gasteiger partial charge in [0.05, 0.1) is 5.03 Å². The molecule has 0 heterocycles. The van der Waals surface area contributed by atoms with Crippen molar-refractivity contribution in [2.45, 2.75) is 59.3 Å². The summed E-state index contributed by atoms with van der Waals surface area (Å²) in [6.45, 7) is 10.4. The first-order chi connectivity index (χ1) is 10.8. The molecule has 0 aliphatic heterocycles. The molecule has 0 aromatic rings. The number of fused-ring (bicyclic) bond motifs is 3. The number of hydrogen-bond acceptors (Lipinski definition) is 1. The summed E-state index contributed by atoms with van der Waals surface area (Å²) >= 11 is 8.98. The first kappa shape index (κ1) is 19.2. The fourth-order valence-electron chi connectivity index (χ4n) is 4.21. The van der Waals surface area contributed by atoms with Gasteiger partial charge in [0.1, 0.15) is 0 Å². The van der Waals surface area contributed by atoms with E-state index in [0.717, 1.165) is 27.8 Å². The van der Waals surface area contributed by atoms with E-state index in [2.05, 4.69) is 47.2 Å². The van der Waals surface area contributed by atoms with E-state index in [1.165, 1.54) is 42.1 Å². The van der Waals surface area contributed by atoms with Crippen LogP contribution in [0.25, 0.3) is 0 Å². The Balaban J connectivity index is 2.32. The monoisotopic (exact) mass is 445 g/mol. The Kier molecular flexibility index (Phi) is 6.57. The zero-order valence-corrected chi connectivity index (χ0v) is 17.8. The molecule has 2 bridgehead atoms. The highest BCUT2D eigenvalue weighted by Crippen LogP contribution is 2.55. The molecule has 3 fully saturated rings. The Bertz CT molecular complexity index is 548. The minimum atomic E-state index is 0.517. The van der Waals surface area contributed by atoms with Gasteiger partial charge in [0, 0.05) is 21.9 Å². The first-order valence-electron chi connectivity index (χ1n) is 8.68. The molecule has 3 aliphatic carbocycles. The molecule has 0 amide bonds. The van der Waals surface area contributed by atoms with Gasteiger partial charge >= 0.3 is 0 Å². The minimum Gasteiger partial charge on any atom is -0.293 e. The Labute approximate surface area is 160 Å². The highest BCUT2D eigenvalue weighted by molar-refractivity contribution is 14.1. The van der Waals surface area contributed by atoms with Crippen LogP contribution in [-0.2, 0) is 0 Å². The van der Waals surface area contributed by atoms with Crippen LogP contribution in [0.15, 0.2) is 37.4 Å². The van der Waals surface area contributed by atoms with Crippen molar-refractivity contribution in [3.63, 3.8) is 0 Å². The molecular weight excluding hydrogens is 417 g/mol. The number of allylic oxidation sites excluding steroid dienone is 5. The predicted octanol–water partition coefficient (Wildman–Crippen LogP) is 7.07. The largest absolute Gasteiger partial charge is 0.293 e. The van der Waals surface area contributed by atoms with Crippen LogP contribution in [0.5, 0.6) is 0 Å². The molecule has 0 N–H and O–H groups in total. The highest BCUT2D eigenvalue weighted by Gasteiger charge is 2.43. The molecule has 1 nitrogen and oxygen atoms in total. The summed E-state index contributed by atoms with van der Waals surface area (Å²) in [7, 11) is 1.83. The molecule has 0 saturated heterocycles. The maximum atomic E-state index is 6.55. The summed E-state index contributed by atoms with van der Waals surface area (Å²) in [5, 5.41) is 0.741. The molecular formula is C20H29ClIN. The zero-order valence-electron chi connectivity index (χ0n) is 14.9. The van der Waals surface area contributed by atoms with Crippen molar-refractivity contribution in [1.82, 2.24) is 0 Å². The van der Waals surface area contributed by atoms with Gasteiger partial charge in [0.15, 0.2) is 0 Å². The van der Waals surface area contributed by atoms with Crippen LogP contribution in [0.4, 0.5) is 0 Å². The standard InChI is InChI=1S/C20H29ClIN/c1-13(2)19(21)18(15(4)23-5)17(22)12-14(3)20-9-6-16(7-10-20)8-11-20/h12,14,16H,1,6-11H2,2-5H3/b17-12+,19-18-,23-15?. The summed E-state index contributed by atoms with van der Waals surface area (Å²) in [6.07, 6.45) is 10.9. The molecule has 0 radical (unpaired) electrons. The second-order valence-electron chi connectivity index (χ2n) is 7.43. The summed E-state index contributed by atoms with van der Waals surface area (Å²) < 4.78 is 1.22. The van der Waals surface area contributed by atoms with E-state index in [4.69, 9.17) is 11.6 Å². The average Bonchev–Trinajstić information content (AvgIpc) is 2.56. The van der Waals surface area contributed by atoms with Gasteiger partial charge in [-0.15, -0.1) is 0 Å². The van der Waals surface area contributed by atoms with E-state index in [0.29, 0.717) is 11.3 Å². The number of halogens is 2. The number of hydrogen-bond donors (Lipinski definition) is 0. The van der Waals surface area contributed by atoms with Crippen LogP contribution in [0.2, 0.25) is 0 Å². The lowest BCUT2D eigenvalue weighted by molar-refractivity contribution is 0.0322. The molecule has 3 aliphatic rings. The Hall–Kier alpha value is -0.0900. The number of nitrogens with zero attached hydrogens (tertiary/aromatic N) is 1. The Morgan fingerprint density at radius 1 is 1.26 bits per heavy atom. The van der Waals surface area contributed by atoms with Gasteiger partial charge in [-0.1, -0.05) is 31.2 Å². The quantitative estimate of drug-likeness (QED) is 0.244. The van der Waals surface area contributed by atoms with Crippen molar-refractivity contribution in [2.24, 2.45) is 22.2 Å². The summed E-state index contributed by atoms with van der Waals surface area (Å²) in [4.78, 5) is 4.37. The van der Waals surface area contributed by atoms with Crippen molar-refractivity contribution in [3.05, 3.63) is 32.4 Å². The maximum absolute atomic E-state index is 6.55. The van der Waals surface area contributed by atoms with E-state index in [1.54, 1.807) is 0 Å². The molecule has 128 valence electrons. The third kappa shape index (κ3) is 4.12. The van der Waals surface area contributed by atoms with Crippen LogP contribution >= 0.6 is 34.2 Å². The Morgan fingerprint density at radius 2 is 1.78 bits per heavy atom. The predicted molar refractivity (Wildman–Crippen MR) is 112 cm³/mol. The van der Waals surface area contributed by atoms with Crippen molar-refractivity contribution >= 4 is 39.9 Å². The lowest BCUT2D eigenvalue weighted by Gasteiger charge is -2.49. The maximum Gasteiger partial charge on any atom is 0.0530 e. The highest BCUT2D eigenvalue weighted by atomic mass is 127. The second kappa shape index (κ2) is 7.86. The minimum absolute atomic E-state index is 0.517. The van der Waals surface area contributed by atoms with Gasteiger partial charge in [-0.2, -0.15) is 0 Å². The van der Waals surface area contributed by atoms with Gasteiger partial charge in [-0.3, -0.25) is 4.99 Å². The van der Waals surface area contributed by atoms with Crippen LogP contribution < -0.4 is 0 Å². The summed E-state index contributed by atoms with van der Waals surface area (Å²) in [6, 6.07) is 0. The third-order valence-electron chi connectivity index (χ3n) is 6.04. The van der Waals surface area contributed by atoms with Crippen molar-refractivity contribution in [1.29, 1.82) is 0 Å². The lowest BCUT2D eigenvalue weighted by atomic mass is 9.56. The van der Waals surface area contributed by atoms with Gasteiger partial charge in [-0.05, 0) is 97.8 Å². The van der Waals surface area contributed by atoms with E-state index >= 15 is 0 Å². The van der Waals surface area contributed by atoms with E-state index in [1.807, 2.05) is 20.9 Å². The molecule has 0 aromatic heterocycles. The smallest absolute Gasteiger partial charge is 0.0530 e. The number of rotatable bonds is 5. The molecule has 0 aromatic carbocycles. The van der Waals surface area contributed by atoms with E-state index < -0.39 is 0 Å². The Morgan fingerprint density at radius 3 is 2.22 bits per heavy atom. The van der Waals surface area contributed by atoms with Crippen LogP contribution in [0.3, 0.4) is 0 Å². The van der Waals surface area contributed by atoms with Gasteiger partial charge in [0.25, 0.3) is 0 Å². The van der Waals surface area contributed by atoms with Crippen molar-refractivity contribution in [3.8, 4) is 0 Å². The van der Waals surface area contributed by atoms with E-state index in [9.17, 15) is 0 Å². The second-order valence-corrected chi connectivity index (χ2v) is 8.97. The number of aliphatic imine (C=N–C) groups is 1. The molecule has 3 rings (SSSR count). The van der Waals surface area contributed by atoms with Crippen molar-refractivity contribution < 1.29 is 0 Å². The molecule has 3 saturated carbocycles. The molecule has 1 unspecified atom stereocenters. The van der Waals surface area contributed by atoms with Crippen LogP contribution in [0, 0.1) is 17.3 Å². The van der Waals surface area contributed by atoms with Gasteiger partial charge < -0.3 is 0 Å². The SMILES string of the molecule is C=C(C)/C(Cl)=C(C(C)=NC)/C(I)=C\C(C)C12CCC(CC1)CC2. The summed E-state index contributed by atoms with van der Waals surface area (Å²) in [5.41, 5.74) is 3.45.